The second-order valence-electron chi connectivity index (χ2n) is 4.35. The minimum Gasteiger partial charge on any atom is -0.450 e. The fourth-order valence-corrected chi connectivity index (χ4v) is 2.29. The molecule has 0 spiro atoms. The maximum Gasteiger partial charge on any atom is 0.334 e. The molecule has 4 heteroatoms. The predicted molar refractivity (Wildman–Crippen MR) is 53.1 cm³/mol. The van der Waals surface area contributed by atoms with Gasteiger partial charge in [0.2, 0.25) is 0 Å². The van der Waals surface area contributed by atoms with Crippen molar-refractivity contribution in [3.05, 3.63) is 11.1 Å². The van der Waals surface area contributed by atoms with Crippen LogP contribution >= 0.6 is 0 Å². The topological polar surface area (TPSA) is 66.8 Å². The third-order valence-electron chi connectivity index (χ3n) is 3.26. The van der Waals surface area contributed by atoms with Crippen molar-refractivity contribution in [2.75, 3.05) is 13.2 Å². The van der Waals surface area contributed by atoms with Gasteiger partial charge in [0.1, 0.15) is 0 Å². The standard InChI is InChI=1S/C11H16O4/c12-6-11(7-13)5-9(10(14)15-11)8-3-1-2-4-8/h12-13H,1-7H2. The lowest BCUT2D eigenvalue weighted by Gasteiger charge is -2.21. The highest BCUT2D eigenvalue weighted by Crippen LogP contribution is 2.37. The molecule has 0 radical (unpaired) electrons. The van der Waals surface area contributed by atoms with Gasteiger partial charge >= 0.3 is 5.97 Å². The Balaban J connectivity index is 2.23. The second-order valence-corrected chi connectivity index (χ2v) is 4.35. The van der Waals surface area contributed by atoms with Crippen LogP contribution in [0.2, 0.25) is 0 Å². The number of rotatable bonds is 2. The molecule has 1 saturated heterocycles. The third-order valence-corrected chi connectivity index (χ3v) is 3.26. The molecular weight excluding hydrogens is 196 g/mol. The Labute approximate surface area is 88.6 Å². The first kappa shape index (κ1) is 10.6. The maximum absolute atomic E-state index is 11.6. The molecule has 0 amide bonds. The molecule has 0 aromatic heterocycles. The minimum absolute atomic E-state index is 0.313. The van der Waals surface area contributed by atoms with Crippen molar-refractivity contribution in [3.63, 3.8) is 0 Å². The van der Waals surface area contributed by atoms with E-state index in [-0.39, 0.29) is 19.2 Å². The zero-order valence-corrected chi connectivity index (χ0v) is 8.66. The van der Waals surface area contributed by atoms with E-state index < -0.39 is 5.60 Å². The molecule has 0 aromatic rings. The molecule has 1 saturated carbocycles. The Bertz CT molecular complexity index is 294. The van der Waals surface area contributed by atoms with Crippen LogP contribution in [-0.2, 0) is 9.53 Å². The summed E-state index contributed by atoms with van der Waals surface area (Å²) in [5.74, 6) is -0.352. The summed E-state index contributed by atoms with van der Waals surface area (Å²) in [6.07, 6.45) is 4.51. The molecule has 2 aliphatic rings. The van der Waals surface area contributed by atoms with Crippen molar-refractivity contribution >= 4 is 5.97 Å². The third kappa shape index (κ3) is 1.79. The van der Waals surface area contributed by atoms with E-state index in [0.717, 1.165) is 31.3 Å². The van der Waals surface area contributed by atoms with E-state index in [2.05, 4.69) is 0 Å². The fraction of sp³-hybridized carbons (Fsp3) is 0.727. The van der Waals surface area contributed by atoms with Crippen molar-refractivity contribution in [1.29, 1.82) is 0 Å². The van der Waals surface area contributed by atoms with Crippen molar-refractivity contribution in [1.82, 2.24) is 0 Å². The van der Waals surface area contributed by atoms with E-state index in [1.165, 1.54) is 0 Å². The average Bonchev–Trinajstić information content (AvgIpc) is 2.85. The van der Waals surface area contributed by atoms with Gasteiger partial charge in [-0.15, -0.1) is 0 Å². The SMILES string of the molecule is O=C1OC(CO)(CO)CC1=C1CCCC1. The van der Waals surface area contributed by atoms with Gasteiger partial charge in [0, 0.05) is 12.0 Å². The largest absolute Gasteiger partial charge is 0.450 e. The molecule has 1 heterocycles. The first-order chi connectivity index (χ1) is 7.21. The molecule has 1 aliphatic heterocycles. The van der Waals surface area contributed by atoms with Crippen LogP contribution in [0, 0.1) is 0 Å². The Kier molecular flexibility index (Phi) is 2.80. The van der Waals surface area contributed by atoms with Gasteiger partial charge in [-0.2, -0.15) is 0 Å². The van der Waals surface area contributed by atoms with Crippen LogP contribution in [0.3, 0.4) is 0 Å². The van der Waals surface area contributed by atoms with Crippen LogP contribution in [0.4, 0.5) is 0 Å². The number of aliphatic hydroxyl groups is 2. The van der Waals surface area contributed by atoms with Gasteiger partial charge in [-0.25, -0.2) is 4.79 Å². The summed E-state index contributed by atoms with van der Waals surface area (Å²) < 4.78 is 5.08. The Morgan fingerprint density at radius 3 is 2.27 bits per heavy atom. The van der Waals surface area contributed by atoms with Gasteiger partial charge in [-0.1, -0.05) is 5.57 Å². The summed E-state index contributed by atoms with van der Waals surface area (Å²) in [5.41, 5.74) is 0.779. The number of cyclic esters (lactones) is 1. The average molecular weight is 212 g/mol. The molecule has 0 bridgehead atoms. The van der Waals surface area contributed by atoms with Crippen LogP contribution in [0.25, 0.3) is 0 Å². The summed E-state index contributed by atoms with van der Waals surface area (Å²) in [7, 11) is 0. The van der Waals surface area contributed by atoms with Crippen LogP contribution in [0.5, 0.6) is 0 Å². The summed E-state index contributed by atoms with van der Waals surface area (Å²) in [6, 6.07) is 0. The van der Waals surface area contributed by atoms with Crippen LogP contribution in [-0.4, -0.2) is 35.0 Å². The van der Waals surface area contributed by atoms with Crippen LogP contribution in [0.15, 0.2) is 11.1 Å². The molecule has 2 N–H and O–H groups in total. The minimum atomic E-state index is -1.07. The molecule has 2 fully saturated rings. The number of hydrogen-bond donors (Lipinski definition) is 2. The number of carbonyl (C=O) groups is 1. The van der Waals surface area contributed by atoms with Gasteiger partial charge in [0.25, 0.3) is 0 Å². The number of hydrogen-bond acceptors (Lipinski definition) is 4. The van der Waals surface area contributed by atoms with Gasteiger partial charge < -0.3 is 14.9 Å². The Hall–Kier alpha value is -0.870. The molecule has 0 aromatic carbocycles. The summed E-state index contributed by atoms with van der Waals surface area (Å²) >= 11 is 0. The molecule has 15 heavy (non-hydrogen) atoms. The lowest BCUT2D eigenvalue weighted by atomic mass is 9.95. The van der Waals surface area contributed by atoms with E-state index >= 15 is 0 Å². The van der Waals surface area contributed by atoms with Gasteiger partial charge in [0.15, 0.2) is 5.60 Å². The first-order valence-corrected chi connectivity index (χ1v) is 5.37. The quantitative estimate of drug-likeness (QED) is 0.517. The molecule has 2 rings (SSSR count). The van der Waals surface area contributed by atoms with Gasteiger partial charge in [-0.3, -0.25) is 0 Å². The lowest BCUT2D eigenvalue weighted by Crippen LogP contribution is -2.37. The maximum atomic E-state index is 11.6. The van der Waals surface area contributed by atoms with E-state index in [1.54, 1.807) is 0 Å². The highest BCUT2D eigenvalue weighted by atomic mass is 16.6. The van der Waals surface area contributed by atoms with Crippen LogP contribution < -0.4 is 0 Å². The summed E-state index contributed by atoms with van der Waals surface area (Å²) in [5, 5.41) is 18.3. The molecule has 0 atom stereocenters. The number of carbonyl (C=O) groups excluding carboxylic acids is 1. The van der Waals surface area contributed by atoms with Crippen molar-refractivity contribution in [2.24, 2.45) is 0 Å². The normalized spacial score (nSPS) is 24.8. The molecule has 1 aliphatic carbocycles. The number of allylic oxidation sites excluding steroid dienone is 1. The fourth-order valence-electron chi connectivity index (χ4n) is 2.29. The monoisotopic (exact) mass is 212 g/mol. The predicted octanol–water partition coefficient (Wildman–Crippen LogP) is 0.527. The first-order valence-electron chi connectivity index (χ1n) is 5.37. The Morgan fingerprint density at radius 1 is 1.20 bits per heavy atom. The zero-order chi connectivity index (χ0) is 10.9. The van der Waals surface area contributed by atoms with E-state index in [1.807, 2.05) is 0 Å². The summed E-state index contributed by atoms with van der Waals surface area (Å²) in [6.45, 7) is -0.627. The van der Waals surface area contributed by atoms with E-state index in [9.17, 15) is 4.79 Å². The van der Waals surface area contributed by atoms with Crippen molar-refractivity contribution in [2.45, 2.75) is 37.7 Å². The van der Waals surface area contributed by atoms with Gasteiger partial charge in [-0.05, 0) is 25.7 Å². The smallest absolute Gasteiger partial charge is 0.334 e. The van der Waals surface area contributed by atoms with Crippen LogP contribution in [0.1, 0.15) is 32.1 Å². The van der Waals surface area contributed by atoms with Crippen molar-refractivity contribution in [3.8, 4) is 0 Å². The van der Waals surface area contributed by atoms with Crippen molar-refractivity contribution < 1.29 is 19.7 Å². The molecule has 4 nitrogen and oxygen atoms in total. The lowest BCUT2D eigenvalue weighted by molar-refractivity contribution is -0.154. The summed E-state index contributed by atoms with van der Waals surface area (Å²) in [4.78, 5) is 11.6. The number of aliphatic hydroxyl groups excluding tert-OH is 2. The highest BCUT2D eigenvalue weighted by Gasteiger charge is 2.44. The molecule has 0 unspecified atom stereocenters. The van der Waals surface area contributed by atoms with E-state index in [4.69, 9.17) is 14.9 Å². The zero-order valence-electron chi connectivity index (χ0n) is 8.66. The number of ether oxygens (including phenoxy) is 1. The molecular formula is C11H16O4. The Morgan fingerprint density at radius 2 is 1.80 bits per heavy atom. The number of esters is 1. The van der Waals surface area contributed by atoms with Gasteiger partial charge in [0.05, 0.1) is 13.2 Å². The molecule has 84 valence electrons. The van der Waals surface area contributed by atoms with E-state index in [0.29, 0.717) is 12.0 Å². The second kappa shape index (κ2) is 3.94. The highest BCUT2D eigenvalue weighted by molar-refractivity contribution is 5.92.